The lowest BCUT2D eigenvalue weighted by Crippen LogP contribution is -2.41. The zero-order valence-corrected chi connectivity index (χ0v) is 16.7. The van der Waals surface area contributed by atoms with Gasteiger partial charge in [-0.2, -0.15) is 0 Å². The molecule has 0 spiro atoms. The smallest absolute Gasteiger partial charge is 0.329 e. The van der Waals surface area contributed by atoms with Crippen molar-refractivity contribution in [3.63, 3.8) is 0 Å². The van der Waals surface area contributed by atoms with Crippen LogP contribution in [0.15, 0.2) is 15.7 Å². The Kier molecular flexibility index (Phi) is 5.98. The maximum Gasteiger partial charge on any atom is 0.329 e. The van der Waals surface area contributed by atoms with Gasteiger partial charge in [0, 0.05) is 24.3 Å². The fourth-order valence-electron chi connectivity index (χ4n) is 3.73. The van der Waals surface area contributed by atoms with Crippen LogP contribution in [0.2, 0.25) is 0 Å². The Bertz CT molecular complexity index is 984. The van der Waals surface area contributed by atoms with E-state index < -0.39 is 11.2 Å². The van der Waals surface area contributed by atoms with Crippen molar-refractivity contribution in [1.29, 1.82) is 0 Å². The second kappa shape index (κ2) is 8.26. The molecule has 2 aromatic heterocycles. The normalized spacial score (nSPS) is 19.9. The molecule has 8 nitrogen and oxygen atoms in total. The summed E-state index contributed by atoms with van der Waals surface area (Å²) in [5.41, 5.74) is 6.10. The molecule has 1 aliphatic carbocycles. The van der Waals surface area contributed by atoms with E-state index in [0.717, 1.165) is 25.7 Å². The average Bonchev–Trinajstić information content (AvgIpc) is 2.65. The van der Waals surface area contributed by atoms with Gasteiger partial charge in [0.05, 0.1) is 10.9 Å². The molecule has 8 heteroatoms. The summed E-state index contributed by atoms with van der Waals surface area (Å²) in [6.07, 6.45) is 4.10. The van der Waals surface area contributed by atoms with E-state index in [4.69, 9.17) is 5.73 Å². The number of fused-ring (bicyclic) bond motifs is 1. The Labute approximate surface area is 163 Å². The number of aromatic nitrogens is 3. The third-order valence-electron chi connectivity index (χ3n) is 5.36. The predicted molar refractivity (Wildman–Crippen MR) is 109 cm³/mol. The van der Waals surface area contributed by atoms with Crippen molar-refractivity contribution in [2.45, 2.75) is 77.4 Å². The highest BCUT2D eigenvalue weighted by Gasteiger charge is 2.24. The quantitative estimate of drug-likeness (QED) is 0.719. The topological polar surface area (TPSA) is 123 Å². The van der Waals surface area contributed by atoms with Gasteiger partial charge in [-0.3, -0.25) is 19.1 Å². The lowest BCUT2D eigenvalue weighted by Gasteiger charge is -2.27. The molecule has 0 aromatic carbocycles. The number of carbonyl (C=O) groups is 1. The van der Waals surface area contributed by atoms with E-state index in [1.807, 2.05) is 20.8 Å². The number of hydrogen-bond acceptors (Lipinski definition) is 5. The number of nitrogens with one attached hydrogen (secondary N) is 2. The van der Waals surface area contributed by atoms with Crippen LogP contribution in [-0.2, 0) is 6.54 Å². The van der Waals surface area contributed by atoms with Crippen molar-refractivity contribution in [1.82, 2.24) is 19.9 Å². The molecular weight excluding hydrogens is 358 g/mol. The Morgan fingerprint density at radius 2 is 2.00 bits per heavy atom. The Balaban J connectivity index is 2.12. The largest absolute Gasteiger partial charge is 0.349 e. The standard InChI is InChI=1S/C20H29N5O3/c1-4-9-25-17-16(19(27)24-20(25)28)14(10-15(23-17)11(2)3)18(26)22-13-7-5-12(21)6-8-13/h10-13H,4-9,21H2,1-3H3,(H,22,26)(H,24,27,28). The molecule has 0 saturated heterocycles. The van der Waals surface area contributed by atoms with Crippen LogP contribution in [0.25, 0.3) is 11.0 Å². The number of aromatic amines is 1. The van der Waals surface area contributed by atoms with E-state index in [9.17, 15) is 14.4 Å². The molecule has 3 rings (SSSR count). The first kappa shape index (κ1) is 20.3. The van der Waals surface area contributed by atoms with Crippen molar-refractivity contribution in [3.8, 4) is 0 Å². The number of hydrogen-bond donors (Lipinski definition) is 3. The minimum Gasteiger partial charge on any atom is -0.349 e. The summed E-state index contributed by atoms with van der Waals surface area (Å²) in [6.45, 7) is 6.29. The molecule has 0 radical (unpaired) electrons. The molecular formula is C20H29N5O3. The minimum atomic E-state index is -0.578. The molecule has 0 aliphatic heterocycles. The van der Waals surface area contributed by atoms with Gasteiger partial charge in [-0.1, -0.05) is 20.8 Å². The first-order valence-corrected chi connectivity index (χ1v) is 10.1. The highest BCUT2D eigenvalue weighted by atomic mass is 16.2. The number of H-pyrrole nitrogens is 1. The van der Waals surface area contributed by atoms with Crippen LogP contribution in [0, 0.1) is 0 Å². The van der Waals surface area contributed by atoms with E-state index in [1.54, 1.807) is 6.07 Å². The molecule has 0 unspecified atom stereocenters. The van der Waals surface area contributed by atoms with Crippen LogP contribution in [0.4, 0.5) is 0 Å². The van der Waals surface area contributed by atoms with Crippen molar-refractivity contribution in [2.24, 2.45) is 5.73 Å². The lowest BCUT2D eigenvalue weighted by atomic mass is 9.91. The second-order valence-corrected chi connectivity index (χ2v) is 7.94. The van der Waals surface area contributed by atoms with Gasteiger partial charge in [0.25, 0.3) is 11.5 Å². The molecule has 152 valence electrons. The van der Waals surface area contributed by atoms with Gasteiger partial charge in [-0.15, -0.1) is 0 Å². The first-order chi connectivity index (χ1) is 13.3. The lowest BCUT2D eigenvalue weighted by molar-refractivity contribution is 0.0927. The number of aryl methyl sites for hydroxylation is 1. The van der Waals surface area contributed by atoms with Crippen LogP contribution in [0.3, 0.4) is 0 Å². The van der Waals surface area contributed by atoms with E-state index in [0.29, 0.717) is 18.7 Å². The summed E-state index contributed by atoms with van der Waals surface area (Å²) >= 11 is 0. The van der Waals surface area contributed by atoms with Gasteiger partial charge in [0.15, 0.2) is 5.65 Å². The maximum atomic E-state index is 13.1. The van der Waals surface area contributed by atoms with Crippen LogP contribution in [0.1, 0.15) is 74.8 Å². The van der Waals surface area contributed by atoms with Crippen molar-refractivity contribution in [3.05, 3.63) is 38.2 Å². The number of carbonyl (C=O) groups excluding carboxylic acids is 1. The summed E-state index contributed by atoms with van der Waals surface area (Å²) in [7, 11) is 0. The average molecular weight is 387 g/mol. The SMILES string of the molecule is CCCn1c(=O)[nH]c(=O)c2c(C(=O)NC3CCC(N)CC3)cc(C(C)C)nc21. The molecule has 4 N–H and O–H groups in total. The van der Waals surface area contributed by atoms with E-state index in [1.165, 1.54) is 4.57 Å². The molecule has 28 heavy (non-hydrogen) atoms. The highest BCUT2D eigenvalue weighted by Crippen LogP contribution is 2.22. The zero-order chi connectivity index (χ0) is 20.4. The summed E-state index contributed by atoms with van der Waals surface area (Å²) < 4.78 is 1.44. The van der Waals surface area contributed by atoms with E-state index in [2.05, 4.69) is 15.3 Å². The van der Waals surface area contributed by atoms with Gasteiger partial charge in [-0.25, -0.2) is 9.78 Å². The van der Waals surface area contributed by atoms with Gasteiger partial charge >= 0.3 is 5.69 Å². The van der Waals surface area contributed by atoms with Crippen LogP contribution >= 0.6 is 0 Å². The fraction of sp³-hybridized carbons (Fsp3) is 0.600. The van der Waals surface area contributed by atoms with Crippen LogP contribution < -0.4 is 22.3 Å². The predicted octanol–water partition coefficient (Wildman–Crippen LogP) is 1.62. The number of amides is 1. The zero-order valence-electron chi connectivity index (χ0n) is 16.7. The molecule has 1 saturated carbocycles. The van der Waals surface area contributed by atoms with Gasteiger partial charge in [0.1, 0.15) is 0 Å². The Morgan fingerprint density at radius 3 is 2.61 bits per heavy atom. The number of nitrogens with zero attached hydrogens (tertiary/aromatic N) is 2. The van der Waals surface area contributed by atoms with Crippen molar-refractivity contribution < 1.29 is 4.79 Å². The molecule has 1 aliphatic rings. The molecule has 0 atom stereocenters. The molecule has 1 amide bonds. The number of pyridine rings is 1. The summed E-state index contributed by atoms with van der Waals surface area (Å²) in [5.74, 6) is -0.255. The third kappa shape index (κ3) is 4.01. The summed E-state index contributed by atoms with van der Waals surface area (Å²) in [4.78, 5) is 44.9. The molecule has 2 aromatic rings. The van der Waals surface area contributed by atoms with E-state index in [-0.39, 0.29) is 40.5 Å². The fourth-order valence-corrected chi connectivity index (χ4v) is 3.73. The van der Waals surface area contributed by atoms with Gasteiger partial charge in [0.2, 0.25) is 0 Å². The summed E-state index contributed by atoms with van der Waals surface area (Å²) in [5, 5.41) is 3.21. The Hall–Kier alpha value is -2.48. The molecule has 1 fully saturated rings. The minimum absolute atomic E-state index is 0.0404. The van der Waals surface area contributed by atoms with Gasteiger partial charge < -0.3 is 11.1 Å². The van der Waals surface area contributed by atoms with Crippen molar-refractivity contribution >= 4 is 16.9 Å². The number of rotatable bonds is 5. The van der Waals surface area contributed by atoms with Crippen LogP contribution in [0.5, 0.6) is 0 Å². The molecule has 2 heterocycles. The van der Waals surface area contributed by atoms with Crippen molar-refractivity contribution in [2.75, 3.05) is 0 Å². The third-order valence-corrected chi connectivity index (χ3v) is 5.36. The highest BCUT2D eigenvalue weighted by molar-refractivity contribution is 6.05. The second-order valence-electron chi connectivity index (χ2n) is 7.94. The van der Waals surface area contributed by atoms with Crippen LogP contribution in [-0.4, -0.2) is 32.5 Å². The number of nitrogens with two attached hydrogens (primary N) is 1. The molecule has 0 bridgehead atoms. The summed E-state index contributed by atoms with van der Waals surface area (Å²) in [6, 6.07) is 1.90. The maximum absolute atomic E-state index is 13.1. The monoisotopic (exact) mass is 387 g/mol. The Morgan fingerprint density at radius 1 is 1.32 bits per heavy atom. The van der Waals surface area contributed by atoms with E-state index >= 15 is 0 Å². The van der Waals surface area contributed by atoms with Gasteiger partial charge in [-0.05, 0) is 44.1 Å². The first-order valence-electron chi connectivity index (χ1n) is 10.1.